The number of hydrogen-bond donors (Lipinski definition) is 1. The van der Waals surface area contributed by atoms with Crippen molar-refractivity contribution in [1.82, 2.24) is 4.98 Å². The molecular weight excluding hydrogens is 458 g/mol. The second-order valence-corrected chi connectivity index (χ2v) is 10.2. The van der Waals surface area contributed by atoms with Crippen LogP contribution in [0.15, 0.2) is 78.9 Å². The predicted octanol–water partition coefficient (Wildman–Crippen LogP) is 5.35. The molecule has 0 unspecified atom stereocenters. The number of fused-ring (bicyclic) bond motifs is 1. The quantitative estimate of drug-likeness (QED) is 0.430. The lowest BCUT2D eigenvalue weighted by molar-refractivity contribution is 0.102. The van der Waals surface area contributed by atoms with E-state index in [0.717, 1.165) is 5.56 Å². The Bertz CT molecular complexity index is 1470. The smallest absolute Gasteiger partial charge is 0.256 e. The summed E-state index contributed by atoms with van der Waals surface area (Å²) in [4.78, 5) is 18.1. The molecule has 0 bridgehead atoms. The summed E-state index contributed by atoms with van der Waals surface area (Å²) in [6.45, 7) is 0.410. The van der Waals surface area contributed by atoms with Crippen LogP contribution in [0.1, 0.15) is 16.8 Å². The van der Waals surface area contributed by atoms with Gasteiger partial charge in [-0.15, -0.1) is 0 Å². The van der Waals surface area contributed by atoms with Gasteiger partial charge in [0.05, 0.1) is 38.9 Å². The Morgan fingerprint density at radius 1 is 0.970 bits per heavy atom. The number of pyridine rings is 1. The van der Waals surface area contributed by atoms with Crippen LogP contribution < -0.4 is 9.62 Å². The number of anilines is 2. The molecule has 0 radical (unpaired) electrons. The number of halogens is 1. The predicted molar refractivity (Wildman–Crippen MR) is 132 cm³/mol. The van der Waals surface area contributed by atoms with E-state index in [0.29, 0.717) is 51.5 Å². The number of para-hydroxylation sites is 1. The van der Waals surface area contributed by atoms with Crippen molar-refractivity contribution >= 4 is 49.8 Å². The van der Waals surface area contributed by atoms with Gasteiger partial charge in [0, 0.05) is 17.5 Å². The zero-order valence-electron chi connectivity index (χ0n) is 17.5. The van der Waals surface area contributed by atoms with Gasteiger partial charge in [-0.25, -0.2) is 13.4 Å². The first-order chi connectivity index (χ1) is 15.9. The number of aromatic nitrogens is 1. The zero-order valence-corrected chi connectivity index (χ0v) is 19.1. The number of amides is 1. The van der Waals surface area contributed by atoms with Crippen molar-refractivity contribution < 1.29 is 13.2 Å². The molecule has 2 heterocycles. The van der Waals surface area contributed by atoms with Crippen molar-refractivity contribution in [2.75, 3.05) is 21.9 Å². The van der Waals surface area contributed by atoms with Gasteiger partial charge in [0.25, 0.3) is 5.91 Å². The molecule has 8 heteroatoms. The van der Waals surface area contributed by atoms with Crippen LogP contribution in [-0.2, 0) is 10.0 Å². The molecule has 0 aliphatic carbocycles. The molecule has 0 atom stereocenters. The maximum atomic E-state index is 13.4. The van der Waals surface area contributed by atoms with Gasteiger partial charge >= 0.3 is 0 Å². The van der Waals surface area contributed by atoms with Crippen LogP contribution in [0.5, 0.6) is 0 Å². The minimum absolute atomic E-state index is 0.114. The number of rotatable bonds is 4. The minimum Gasteiger partial charge on any atom is -0.321 e. The average molecular weight is 478 g/mol. The van der Waals surface area contributed by atoms with Crippen molar-refractivity contribution in [1.29, 1.82) is 0 Å². The van der Waals surface area contributed by atoms with Gasteiger partial charge in [-0.3, -0.25) is 9.10 Å². The van der Waals surface area contributed by atoms with Crippen LogP contribution in [0.25, 0.3) is 22.2 Å². The van der Waals surface area contributed by atoms with E-state index in [4.69, 9.17) is 16.6 Å². The molecule has 5 rings (SSSR count). The van der Waals surface area contributed by atoms with Crippen molar-refractivity contribution in [3.63, 3.8) is 0 Å². The number of sulfonamides is 1. The number of benzene rings is 3. The van der Waals surface area contributed by atoms with Crippen LogP contribution in [0.2, 0.25) is 5.02 Å². The van der Waals surface area contributed by atoms with Crippen molar-refractivity contribution in [2.24, 2.45) is 0 Å². The first-order valence-electron chi connectivity index (χ1n) is 10.5. The molecule has 1 aliphatic rings. The van der Waals surface area contributed by atoms with Gasteiger partial charge < -0.3 is 5.32 Å². The van der Waals surface area contributed by atoms with E-state index in [9.17, 15) is 13.2 Å². The summed E-state index contributed by atoms with van der Waals surface area (Å²) in [5, 5.41) is 3.90. The molecule has 0 spiro atoms. The van der Waals surface area contributed by atoms with E-state index >= 15 is 0 Å². The monoisotopic (exact) mass is 477 g/mol. The van der Waals surface area contributed by atoms with Gasteiger partial charge in [-0.2, -0.15) is 0 Å². The third-order valence-corrected chi connectivity index (χ3v) is 7.81. The Kier molecular flexibility index (Phi) is 5.52. The van der Waals surface area contributed by atoms with Crippen LogP contribution >= 0.6 is 11.6 Å². The summed E-state index contributed by atoms with van der Waals surface area (Å²) < 4.78 is 26.0. The highest BCUT2D eigenvalue weighted by molar-refractivity contribution is 7.93. The van der Waals surface area contributed by atoms with Crippen LogP contribution in [0.3, 0.4) is 0 Å². The fraction of sp³-hybridized carbons (Fsp3) is 0.120. The Balaban J connectivity index is 1.54. The number of nitrogens with zero attached hydrogens (tertiary/aromatic N) is 2. The molecule has 1 aliphatic heterocycles. The fourth-order valence-corrected chi connectivity index (χ4v) is 5.72. The molecule has 6 nitrogen and oxygen atoms in total. The summed E-state index contributed by atoms with van der Waals surface area (Å²) in [5.74, 6) is -0.239. The molecule has 33 heavy (non-hydrogen) atoms. The van der Waals surface area contributed by atoms with E-state index in [1.807, 2.05) is 54.6 Å². The topological polar surface area (TPSA) is 79.4 Å². The summed E-state index contributed by atoms with van der Waals surface area (Å²) in [5.41, 5.74) is 3.57. The highest BCUT2D eigenvalue weighted by Gasteiger charge is 2.29. The fourth-order valence-electron chi connectivity index (χ4n) is 4.00. The Hall–Kier alpha value is -3.42. The van der Waals surface area contributed by atoms with Crippen LogP contribution in [0.4, 0.5) is 11.4 Å². The number of hydrogen-bond acceptors (Lipinski definition) is 4. The zero-order chi connectivity index (χ0) is 23.0. The third-order valence-electron chi connectivity index (χ3n) is 5.62. The lowest BCUT2D eigenvalue weighted by atomic mass is 10.0. The van der Waals surface area contributed by atoms with Crippen LogP contribution in [0, 0.1) is 0 Å². The van der Waals surface area contributed by atoms with Gasteiger partial charge in [-0.05, 0) is 36.8 Å². The van der Waals surface area contributed by atoms with Crippen molar-refractivity contribution in [3.05, 3.63) is 89.4 Å². The van der Waals surface area contributed by atoms with E-state index < -0.39 is 10.0 Å². The average Bonchev–Trinajstić information content (AvgIpc) is 3.19. The Labute approximate surface area is 196 Å². The lowest BCUT2D eigenvalue weighted by Gasteiger charge is -2.19. The molecule has 1 fully saturated rings. The molecule has 0 saturated carbocycles. The third kappa shape index (κ3) is 4.17. The summed E-state index contributed by atoms with van der Waals surface area (Å²) in [6.07, 6.45) is 0.567. The minimum atomic E-state index is -3.35. The van der Waals surface area contributed by atoms with Gasteiger partial charge in [0.2, 0.25) is 10.0 Å². The lowest BCUT2D eigenvalue weighted by Crippen LogP contribution is -2.25. The molecule has 1 amide bonds. The van der Waals surface area contributed by atoms with Gasteiger partial charge in [0.15, 0.2) is 0 Å². The first kappa shape index (κ1) is 21.4. The summed E-state index contributed by atoms with van der Waals surface area (Å²) in [7, 11) is -3.35. The van der Waals surface area contributed by atoms with E-state index in [2.05, 4.69) is 5.32 Å². The largest absolute Gasteiger partial charge is 0.321 e. The SMILES string of the molecule is O=C(Nc1cc(N2CCCS2(=O)=O)ccc1Cl)c1cc(-c2ccccc2)nc2ccccc12. The van der Waals surface area contributed by atoms with Gasteiger partial charge in [0.1, 0.15) is 0 Å². The molecule has 4 aromatic rings. The van der Waals surface area contributed by atoms with Crippen molar-refractivity contribution in [2.45, 2.75) is 6.42 Å². The standard InChI is InChI=1S/C25H20ClN3O3S/c26-21-12-11-18(29-13-6-14-33(29,31)32)15-24(21)28-25(30)20-16-23(17-7-2-1-3-8-17)27-22-10-5-4-9-19(20)22/h1-5,7-12,15-16H,6,13-14H2,(H,28,30). The van der Waals surface area contributed by atoms with E-state index in [-0.39, 0.29) is 11.7 Å². The maximum absolute atomic E-state index is 13.4. The second-order valence-electron chi connectivity index (χ2n) is 7.80. The first-order valence-corrected chi connectivity index (χ1v) is 12.5. The molecule has 3 aromatic carbocycles. The second kappa shape index (κ2) is 8.50. The molecule has 1 aromatic heterocycles. The molecule has 1 N–H and O–H groups in total. The highest BCUT2D eigenvalue weighted by atomic mass is 35.5. The molecule has 166 valence electrons. The van der Waals surface area contributed by atoms with Gasteiger partial charge in [-0.1, -0.05) is 60.1 Å². The number of carbonyl (C=O) groups is 1. The number of carbonyl (C=O) groups excluding carboxylic acids is 1. The normalized spacial score (nSPS) is 15.0. The summed E-state index contributed by atoms with van der Waals surface area (Å²) >= 11 is 6.36. The Morgan fingerprint density at radius 3 is 2.48 bits per heavy atom. The van der Waals surface area contributed by atoms with E-state index in [1.54, 1.807) is 24.3 Å². The summed E-state index contributed by atoms with van der Waals surface area (Å²) in [6, 6.07) is 23.7. The number of nitrogens with one attached hydrogen (secondary N) is 1. The molecular formula is C25H20ClN3O3S. The highest BCUT2D eigenvalue weighted by Crippen LogP contribution is 2.32. The van der Waals surface area contributed by atoms with Crippen LogP contribution in [-0.4, -0.2) is 31.6 Å². The van der Waals surface area contributed by atoms with Crippen molar-refractivity contribution in [3.8, 4) is 11.3 Å². The maximum Gasteiger partial charge on any atom is 0.256 e. The van der Waals surface area contributed by atoms with E-state index in [1.165, 1.54) is 4.31 Å². The molecule has 1 saturated heterocycles. The Morgan fingerprint density at radius 2 is 1.73 bits per heavy atom.